The number of thioether (sulfide) groups is 1. The van der Waals surface area contributed by atoms with Crippen molar-refractivity contribution in [3.05, 3.63) is 71.9 Å². The van der Waals surface area contributed by atoms with E-state index in [1.165, 1.54) is 5.56 Å². The first-order valence-corrected chi connectivity index (χ1v) is 11.0. The van der Waals surface area contributed by atoms with Crippen LogP contribution in [0.1, 0.15) is 41.6 Å². The topological polar surface area (TPSA) is 51.3 Å². The van der Waals surface area contributed by atoms with Crippen LogP contribution in [-0.4, -0.2) is 33.4 Å². The average molecular weight is 410 g/mol. The number of rotatable bonds is 7. The Balaban J connectivity index is 1.32. The number of aromatic nitrogens is 2. The van der Waals surface area contributed by atoms with Gasteiger partial charge in [0.1, 0.15) is 5.76 Å². The molecule has 2 aromatic heterocycles. The van der Waals surface area contributed by atoms with Gasteiger partial charge in [-0.2, -0.15) is 0 Å². The molecular weight excluding hydrogens is 382 g/mol. The second kappa shape index (κ2) is 8.49. The van der Waals surface area contributed by atoms with Crippen LogP contribution < -0.4 is 0 Å². The number of carbonyl (C=O) groups excluding carboxylic acids is 1. The third-order valence-electron chi connectivity index (χ3n) is 5.70. The zero-order valence-corrected chi connectivity index (χ0v) is 17.8. The molecule has 0 spiro atoms. The van der Waals surface area contributed by atoms with Gasteiger partial charge >= 0.3 is 0 Å². The largest absolute Gasteiger partial charge is 0.455 e. The highest BCUT2D eigenvalue weighted by molar-refractivity contribution is 7.98. The first-order chi connectivity index (χ1) is 14.0. The minimum atomic E-state index is 0.00155. The molecule has 3 aromatic rings. The summed E-state index contributed by atoms with van der Waals surface area (Å²) >= 11 is 1.60. The molecule has 1 saturated heterocycles. The number of amides is 1. The van der Waals surface area contributed by atoms with Crippen molar-refractivity contribution in [1.82, 2.24) is 14.5 Å². The molecule has 4 rings (SSSR count). The van der Waals surface area contributed by atoms with E-state index in [4.69, 9.17) is 4.42 Å². The Kier molecular flexibility index (Phi) is 5.81. The van der Waals surface area contributed by atoms with E-state index >= 15 is 0 Å². The standard InChI is InChI=1S/C23H27N3O2S/c1-23(11-10-18-6-4-3-5-7-18)12-14-26(17-23)21(27)20-9-8-19(28-20)16-29-22-24-13-15-25(22)2/h3-9,13,15H,10-12,14,16-17H2,1-2H3/t23-/m1/s1. The fraction of sp³-hybridized carbons (Fsp3) is 0.391. The van der Waals surface area contributed by atoms with E-state index in [1.807, 2.05) is 34.8 Å². The summed E-state index contributed by atoms with van der Waals surface area (Å²) in [7, 11) is 1.97. The van der Waals surface area contributed by atoms with Gasteiger partial charge in [0.25, 0.3) is 5.91 Å². The number of aryl methyl sites for hydroxylation is 2. The summed E-state index contributed by atoms with van der Waals surface area (Å²) in [5.41, 5.74) is 1.52. The number of benzene rings is 1. The summed E-state index contributed by atoms with van der Waals surface area (Å²) in [6.07, 6.45) is 6.87. The fourth-order valence-electron chi connectivity index (χ4n) is 3.84. The SMILES string of the molecule is Cn1ccnc1SCc1ccc(C(=O)N2CC[C@@](C)(CCc3ccccc3)C2)o1. The van der Waals surface area contributed by atoms with Crippen LogP contribution >= 0.6 is 11.8 Å². The number of hydrogen-bond donors (Lipinski definition) is 0. The number of hydrogen-bond acceptors (Lipinski definition) is 4. The van der Waals surface area contributed by atoms with Gasteiger partial charge in [0.05, 0.1) is 5.75 Å². The predicted octanol–water partition coefficient (Wildman–Crippen LogP) is 4.79. The zero-order valence-electron chi connectivity index (χ0n) is 17.0. The number of imidazole rings is 1. The maximum atomic E-state index is 12.9. The molecule has 0 radical (unpaired) electrons. The van der Waals surface area contributed by atoms with Gasteiger partial charge in [-0.05, 0) is 42.4 Å². The molecule has 3 heterocycles. The second-order valence-corrected chi connectivity index (χ2v) is 9.09. The molecule has 1 aliphatic heterocycles. The first kappa shape index (κ1) is 19.8. The van der Waals surface area contributed by atoms with E-state index in [0.29, 0.717) is 11.5 Å². The second-order valence-electron chi connectivity index (χ2n) is 8.15. The molecule has 1 atom stereocenters. The molecule has 1 amide bonds. The Morgan fingerprint density at radius 3 is 2.83 bits per heavy atom. The van der Waals surface area contributed by atoms with E-state index < -0.39 is 0 Å². The summed E-state index contributed by atoms with van der Waals surface area (Å²) < 4.78 is 7.82. The minimum absolute atomic E-state index is 0.00155. The van der Waals surface area contributed by atoms with Gasteiger partial charge in [0.2, 0.25) is 0 Å². The van der Waals surface area contributed by atoms with Crippen molar-refractivity contribution in [1.29, 1.82) is 0 Å². The third-order valence-corrected chi connectivity index (χ3v) is 6.78. The van der Waals surface area contributed by atoms with Gasteiger partial charge in [-0.15, -0.1) is 0 Å². The molecule has 0 bridgehead atoms. The van der Waals surface area contributed by atoms with Crippen molar-refractivity contribution >= 4 is 17.7 Å². The lowest BCUT2D eigenvalue weighted by molar-refractivity contribution is 0.0740. The molecule has 1 fully saturated rings. The van der Waals surface area contributed by atoms with Crippen LogP contribution in [0.3, 0.4) is 0 Å². The van der Waals surface area contributed by atoms with Crippen molar-refractivity contribution in [3.8, 4) is 0 Å². The number of nitrogens with zero attached hydrogens (tertiary/aromatic N) is 3. The molecule has 6 heteroatoms. The Morgan fingerprint density at radius 2 is 2.07 bits per heavy atom. The number of furan rings is 1. The van der Waals surface area contributed by atoms with Gasteiger partial charge < -0.3 is 13.9 Å². The van der Waals surface area contributed by atoms with Gasteiger partial charge in [-0.25, -0.2) is 4.98 Å². The molecule has 0 saturated carbocycles. The monoisotopic (exact) mass is 409 g/mol. The van der Waals surface area contributed by atoms with E-state index in [0.717, 1.165) is 43.3 Å². The van der Waals surface area contributed by atoms with Crippen molar-refractivity contribution in [3.63, 3.8) is 0 Å². The quantitative estimate of drug-likeness (QED) is 0.527. The van der Waals surface area contributed by atoms with E-state index in [9.17, 15) is 4.79 Å². The molecule has 29 heavy (non-hydrogen) atoms. The van der Waals surface area contributed by atoms with E-state index in [1.54, 1.807) is 24.0 Å². The molecule has 152 valence electrons. The molecule has 1 aliphatic rings. The van der Waals surface area contributed by atoms with Crippen LogP contribution in [0.4, 0.5) is 0 Å². The lowest BCUT2D eigenvalue weighted by Crippen LogP contribution is -2.31. The normalized spacial score (nSPS) is 19.0. The van der Waals surface area contributed by atoms with Crippen molar-refractivity contribution in [2.45, 2.75) is 37.1 Å². The lowest BCUT2D eigenvalue weighted by Gasteiger charge is -2.24. The van der Waals surface area contributed by atoms with Crippen molar-refractivity contribution in [2.75, 3.05) is 13.1 Å². The fourth-order valence-corrected chi connectivity index (χ4v) is 4.67. The summed E-state index contributed by atoms with van der Waals surface area (Å²) in [5, 5.41) is 0.933. The Morgan fingerprint density at radius 1 is 1.24 bits per heavy atom. The van der Waals surface area contributed by atoms with Crippen LogP contribution in [0.5, 0.6) is 0 Å². The van der Waals surface area contributed by atoms with Crippen LogP contribution in [0, 0.1) is 5.41 Å². The van der Waals surface area contributed by atoms with Crippen LogP contribution in [0.2, 0.25) is 0 Å². The lowest BCUT2D eigenvalue weighted by atomic mass is 9.83. The smallest absolute Gasteiger partial charge is 0.289 e. The van der Waals surface area contributed by atoms with Crippen molar-refractivity contribution in [2.24, 2.45) is 12.5 Å². The van der Waals surface area contributed by atoms with Crippen molar-refractivity contribution < 1.29 is 9.21 Å². The summed E-state index contributed by atoms with van der Waals surface area (Å²) in [5.74, 6) is 1.90. The molecule has 0 unspecified atom stereocenters. The van der Waals surface area contributed by atoms with Gasteiger partial charge in [0, 0.05) is 32.5 Å². The summed E-state index contributed by atoms with van der Waals surface area (Å²) in [6, 6.07) is 14.3. The van der Waals surface area contributed by atoms with E-state index in [-0.39, 0.29) is 11.3 Å². The number of carbonyl (C=O) groups is 1. The molecule has 1 aromatic carbocycles. The number of likely N-dealkylation sites (tertiary alicyclic amines) is 1. The van der Waals surface area contributed by atoms with Crippen LogP contribution in [0.25, 0.3) is 0 Å². The third kappa shape index (κ3) is 4.75. The molecule has 5 nitrogen and oxygen atoms in total. The Bertz CT molecular complexity index is 965. The van der Waals surface area contributed by atoms with E-state index in [2.05, 4.69) is 36.2 Å². The molecular formula is C23H27N3O2S. The van der Waals surface area contributed by atoms with Gasteiger partial charge in [0.15, 0.2) is 10.9 Å². The summed E-state index contributed by atoms with van der Waals surface area (Å²) in [4.78, 5) is 19.2. The first-order valence-electron chi connectivity index (χ1n) is 10.0. The Hall–Kier alpha value is -2.47. The van der Waals surface area contributed by atoms with Gasteiger partial charge in [-0.1, -0.05) is 49.0 Å². The van der Waals surface area contributed by atoms with Crippen LogP contribution in [0.15, 0.2) is 64.4 Å². The highest BCUT2D eigenvalue weighted by Gasteiger charge is 2.36. The Labute approximate surface area is 176 Å². The minimum Gasteiger partial charge on any atom is -0.455 e. The predicted molar refractivity (Wildman–Crippen MR) is 115 cm³/mol. The maximum Gasteiger partial charge on any atom is 0.289 e. The van der Waals surface area contributed by atoms with Gasteiger partial charge in [-0.3, -0.25) is 4.79 Å². The zero-order chi connectivity index (χ0) is 20.3. The van der Waals surface area contributed by atoms with Crippen LogP contribution in [-0.2, 0) is 19.2 Å². The molecule has 0 aliphatic carbocycles. The summed E-state index contributed by atoms with van der Waals surface area (Å²) in [6.45, 7) is 3.87. The highest BCUT2D eigenvalue weighted by Crippen LogP contribution is 2.35. The average Bonchev–Trinajstić information content (AvgIpc) is 3.46. The molecule has 0 N–H and O–H groups in total. The maximum absolute atomic E-state index is 12.9. The highest BCUT2D eigenvalue weighted by atomic mass is 32.2.